The molecule has 1 aliphatic rings. The minimum absolute atomic E-state index is 0.146. The molecule has 1 atom stereocenters. The van der Waals surface area contributed by atoms with Gasteiger partial charge in [0.2, 0.25) is 0 Å². The summed E-state index contributed by atoms with van der Waals surface area (Å²) in [5.41, 5.74) is 1.97. The second-order valence-electron chi connectivity index (χ2n) is 7.79. The molecule has 1 saturated heterocycles. The van der Waals surface area contributed by atoms with Crippen LogP contribution in [-0.2, 0) is 13.0 Å². The monoisotopic (exact) mass is 419 g/mol. The van der Waals surface area contributed by atoms with Crippen LogP contribution in [0.2, 0.25) is 5.02 Å². The van der Waals surface area contributed by atoms with Gasteiger partial charge in [0.1, 0.15) is 17.2 Å². The number of benzene rings is 2. The molecule has 1 aliphatic heterocycles. The summed E-state index contributed by atoms with van der Waals surface area (Å²) in [4.78, 5) is 2.37. The van der Waals surface area contributed by atoms with Gasteiger partial charge >= 0.3 is 0 Å². The van der Waals surface area contributed by atoms with Crippen molar-refractivity contribution in [1.82, 2.24) is 4.90 Å². The minimum atomic E-state index is -0.185. The Balaban J connectivity index is 1.82. The Labute approximate surface area is 178 Å². The SMILES string of the molecule is COc1cc(OC)c(CN2CCC[C@](CO)(Cc3cccc(Cl)c3)C2)c(OC)c1. The lowest BCUT2D eigenvalue weighted by Gasteiger charge is -2.42. The van der Waals surface area contributed by atoms with E-state index in [1.807, 2.05) is 30.3 Å². The highest BCUT2D eigenvalue weighted by Crippen LogP contribution is 2.38. The van der Waals surface area contributed by atoms with E-state index in [1.54, 1.807) is 21.3 Å². The summed E-state index contributed by atoms with van der Waals surface area (Å²) in [5.74, 6) is 2.19. The number of methoxy groups -OCH3 is 3. The first-order chi connectivity index (χ1) is 14.0. The predicted molar refractivity (Wildman–Crippen MR) is 115 cm³/mol. The predicted octanol–water partition coefficient (Wildman–Crippen LogP) is 4.18. The molecule has 0 saturated carbocycles. The van der Waals surface area contributed by atoms with Crippen molar-refractivity contribution in [2.75, 3.05) is 41.0 Å². The lowest BCUT2D eigenvalue weighted by atomic mass is 9.75. The van der Waals surface area contributed by atoms with Crippen molar-refractivity contribution >= 4 is 11.6 Å². The number of piperidine rings is 1. The van der Waals surface area contributed by atoms with E-state index in [0.717, 1.165) is 60.0 Å². The zero-order chi connectivity index (χ0) is 20.9. The molecule has 1 fully saturated rings. The highest BCUT2D eigenvalue weighted by atomic mass is 35.5. The van der Waals surface area contributed by atoms with Crippen LogP contribution in [0.25, 0.3) is 0 Å². The van der Waals surface area contributed by atoms with Crippen LogP contribution < -0.4 is 14.2 Å². The van der Waals surface area contributed by atoms with Crippen molar-refractivity contribution in [3.05, 3.63) is 52.5 Å². The van der Waals surface area contributed by atoms with Gasteiger partial charge in [-0.2, -0.15) is 0 Å². The molecule has 0 spiro atoms. The van der Waals surface area contributed by atoms with Crippen LogP contribution in [0.5, 0.6) is 17.2 Å². The Kier molecular flexibility index (Phi) is 7.28. The molecule has 6 heteroatoms. The summed E-state index contributed by atoms with van der Waals surface area (Å²) in [7, 11) is 4.94. The van der Waals surface area contributed by atoms with Crippen LogP contribution in [0.3, 0.4) is 0 Å². The normalized spacial score (nSPS) is 19.8. The molecular weight excluding hydrogens is 390 g/mol. The number of ether oxygens (including phenoxy) is 3. The molecule has 3 rings (SSSR count). The van der Waals surface area contributed by atoms with Crippen molar-refractivity contribution in [1.29, 1.82) is 0 Å². The van der Waals surface area contributed by atoms with E-state index in [0.29, 0.717) is 12.3 Å². The zero-order valence-electron chi connectivity index (χ0n) is 17.4. The Morgan fingerprint density at radius 1 is 1.07 bits per heavy atom. The molecule has 0 amide bonds. The Hall–Kier alpha value is -1.95. The molecule has 0 radical (unpaired) electrons. The quantitative estimate of drug-likeness (QED) is 0.695. The third-order valence-corrected chi connectivity index (χ3v) is 5.98. The Bertz CT molecular complexity index is 803. The average molecular weight is 420 g/mol. The maximum absolute atomic E-state index is 10.3. The van der Waals surface area contributed by atoms with Crippen molar-refractivity contribution in [2.45, 2.75) is 25.8 Å². The van der Waals surface area contributed by atoms with E-state index < -0.39 is 0 Å². The molecule has 1 N–H and O–H groups in total. The van der Waals surface area contributed by atoms with Crippen LogP contribution in [0.1, 0.15) is 24.0 Å². The van der Waals surface area contributed by atoms with Gasteiger partial charge in [0.15, 0.2) is 0 Å². The van der Waals surface area contributed by atoms with Crippen molar-refractivity contribution < 1.29 is 19.3 Å². The van der Waals surface area contributed by atoms with Crippen molar-refractivity contribution in [2.24, 2.45) is 5.41 Å². The number of nitrogens with zero attached hydrogens (tertiary/aromatic N) is 1. The van der Waals surface area contributed by atoms with Gasteiger partial charge in [-0.25, -0.2) is 0 Å². The van der Waals surface area contributed by atoms with Crippen LogP contribution in [0.15, 0.2) is 36.4 Å². The topological polar surface area (TPSA) is 51.2 Å². The van der Waals surface area contributed by atoms with E-state index in [1.165, 1.54) is 0 Å². The molecule has 5 nitrogen and oxygen atoms in total. The lowest BCUT2D eigenvalue weighted by molar-refractivity contribution is 0.0283. The number of aliphatic hydroxyl groups is 1. The summed E-state index contributed by atoms with van der Waals surface area (Å²) in [6, 6.07) is 11.7. The lowest BCUT2D eigenvalue weighted by Crippen LogP contribution is -2.46. The van der Waals surface area contributed by atoms with Gasteiger partial charge in [-0.05, 0) is 43.5 Å². The first kappa shape index (κ1) is 21.8. The number of halogens is 1. The minimum Gasteiger partial charge on any atom is -0.496 e. The molecule has 0 aromatic heterocycles. The van der Waals surface area contributed by atoms with Crippen molar-refractivity contribution in [3.8, 4) is 17.2 Å². The molecule has 158 valence electrons. The zero-order valence-corrected chi connectivity index (χ0v) is 18.2. The summed E-state index contributed by atoms with van der Waals surface area (Å²) in [6.45, 7) is 2.60. The van der Waals surface area contributed by atoms with Crippen LogP contribution in [0, 0.1) is 5.41 Å². The number of hydrogen-bond acceptors (Lipinski definition) is 5. The highest BCUT2D eigenvalue weighted by molar-refractivity contribution is 6.30. The van der Waals surface area contributed by atoms with Gasteiger partial charge in [0, 0.05) is 35.7 Å². The van der Waals surface area contributed by atoms with E-state index in [2.05, 4.69) is 11.0 Å². The van der Waals surface area contributed by atoms with E-state index in [-0.39, 0.29) is 12.0 Å². The molecule has 2 aromatic rings. The molecule has 0 unspecified atom stereocenters. The molecule has 0 aliphatic carbocycles. The van der Waals surface area contributed by atoms with Gasteiger partial charge in [-0.1, -0.05) is 23.7 Å². The largest absolute Gasteiger partial charge is 0.496 e. The smallest absolute Gasteiger partial charge is 0.130 e. The van der Waals surface area contributed by atoms with Crippen molar-refractivity contribution in [3.63, 3.8) is 0 Å². The van der Waals surface area contributed by atoms with E-state index in [9.17, 15) is 5.11 Å². The third kappa shape index (κ3) is 5.16. The summed E-state index contributed by atoms with van der Waals surface area (Å²) in [6.07, 6.45) is 2.82. The molecular formula is C23H30ClNO4. The molecule has 2 aromatic carbocycles. The Morgan fingerprint density at radius 2 is 1.79 bits per heavy atom. The Morgan fingerprint density at radius 3 is 2.38 bits per heavy atom. The second-order valence-corrected chi connectivity index (χ2v) is 8.23. The van der Waals surface area contributed by atoms with Crippen LogP contribution >= 0.6 is 11.6 Å². The fourth-order valence-corrected chi connectivity index (χ4v) is 4.52. The molecule has 1 heterocycles. The average Bonchev–Trinajstić information content (AvgIpc) is 2.74. The first-order valence-electron chi connectivity index (χ1n) is 9.89. The number of hydrogen-bond donors (Lipinski definition) is 1. The van der Waals surface area contributed by atoms with Gasteiger partial charge < -0.3 is 19.3 Å². The second kappa shape index (κ2) is 9.70. The fourth-order valence-electron chi connectivity index (χ4n) is 4.31. The number of likely N-dealkylation sites (tertiary alicyclic amines) is 1. The molecule has 0 bridgehead atoms. The van der Waals surface area contributed by atoms with Gasteiger partial charge in [-0.3, -0.25) is 4.90 Å². The maximum atomic E-state index is 10.3. The number of rotatable bonds is 8. The van der Waals surface area contributed by atoms with E-state index in [4.69, 9.17) is 25.8 Å². The summed E-state index contributed by atoms with van der Waals surface area (Å²) in [5, 5.41) is 11.0. The third-order valence-electron chi connectivity index (χ3n) is 5.74. The molecule has 29 heavy (non-hydrogen) atoms. The summed E-state index contributed by atoms with van der Waals surface area (Å²) < 4.78 is 16.6. The van der Waals surface area contributed by atoms with Gasteiger partial charge in [0.05, 0.1) is 33.5 Å². The summed E-state index contributed by atoms with van der Waals surface area (Å²) >= 11 is 6.17. The van der Waals surface area contributed by atoms with Gasteiger partial charge in [-0.15, -0.1) is 0 Å². The van der Waals surface area contributed by atoms with E-state index >= 15 is 0 Å². The highest BCUT2D eigenvalue weighted by Gasteiger charge is 2.35. The van der Waals surface area contributed by atoms with Crippen LogP contribution in [-0.4, -0.2) is 51.0 Å². The fraction of sp³-hybridized carbons (Fsp3) is 0.478. The first-order valence-corrected chi connectivity index (χ1v) is 10.3. The number of aliphatic hydroxyl groups excluding tert-OH is 1. The van der Waals surface area contributed by atoms with Gasteiger partial charge in [0.25, 0.3) is 0 Å². The standard InChI is InChI=1S/C23H30ClNO4/c1-27-19-11-21(28-2)20(22(12-19)29-3)14-25-9-5-8-23(15-25,16-26)13-17-6-4-7-18(24)10-17/h4,6-7,10-12,26H,5,8-9,13-16H2,1-3H3/t23-/m0/s1. The maximum Gasteiger partial charge on any atom is 0.130 e. The van der Waals surface area contributed by atoms with Crippen LogP contribution in [0.4, 0.5) is 0 Å².